The molecule has 0 saturated carbocycles. The van der Waals surface area contributed by atoms with Crippen LogP contribution in [-0.2, 0) is 0 Å². The molecule has 0 aromatic rings. The molecule has 0 aliphatic heterocycles. The first-order chi connectivity index (χ1) is 5.79. The van der Waals surface area contributed by atoms with E-state index in [1.807, 2.05) is 24.8 Å². The molecule has 64 valence electrons. The fraction of sp³-hybridized carbons (Fsp3) is 0.625. The van der Waals surface area contributed by atoms with Crippen LogP contribution in [0.4, 0.5) is 0 Å². The Morgan fingerprint density at radius 2 is 1.92 bits per heavy atom. The second-order valence-electron chi connectivity index (χ2n) is 2.14. The Morgan fingerprint density at radius 3 is 2.25 bits per heavy atom. The molecule has 0 aromatic carbocycles. The summed E-state index contributed by atoms with van der Waals surface area (Å²) in [5, 5.41) is 16.8. The quantitative estimate of drug-likeness (QED) is 0.356. The minimum Gasteiger partial charge on any atom is -0.359 e. The third-order valence-electron chi connectivity index (χ3n) is 1.54. The number of hydrogen-bond acceptors (Lipinski definition) is 3. The molecule has 0 saturated heterocycles. The van der Waals surface area contributed by atoms with Crippen LogP contribution in [0.1, 0.15) is 20.3 Å². The smallest absolute Gasteiger partial charge is 0.207 e. The molecule has 0 aliphatic rings. The van der Waals surface area contributed by atoms with Gasteiger partial charge in [-0.3, -0.25) is 0 Å². The lowest BCUT2D eigenvalue weighted by Gasteiger charge is -2.19. The van der Waals surface area contributed by atoms with Crippen molar-refractivity contribution in [2.45, 2.75) is 20.3 Å². The zero-order valence-electron chi connectivity index (χ0n) is 7.41. The van der Waals surface area contributed by atoms with Gasteiger partial charge in [-0.2, -0.15) is 15.5 Å². The van der Waals surface area contributed by atoms with E-state index in [4.69, 9.17) is 10.5 Å². The van der Waals surface area contributed by atoms with Crippen LogP contribution in [0, 0.1) is 22.8 Å². The van der Waals surface area contributed by atoms with Crippen LogP contribution in [0.25, 0.3) is 0 Å². The van der Waals surface area contributed by atoms with Crippen LogP contribution in [0.3, 0.4) is 0 Å². The summed E-state index contributed by atoms with van der Waals surface area (Å²) in [5.41, 5.74) is 0. The van der Waals surface area contributed by atoms with Gasteiger partial charge in [-0.25, -0.2) is 0 Å². The third-order valence-corrected chi connectivity index (χ3v) is 1.54. The van der Waals surface area contributed by atoms with Crippen LogP contribution in [0.2, 0.25) is 0 Å². The van der Waals surface area contributed by atoms with Crippen LogP contribution < -0.4 is 0 Å². The van der Waals surface area contributed by atoms with Crippen LogP contribution in [-0.4, -0.2) is 23.8 Å². The van der Waals surface area contributed by atoms with Crippen molar-refractivity contribution in [3.63, 3.8) is 0 Å². The molecule has 0 aromatic heterocycles. The topological polar surface area (TPSA) is 63.2 Å². The molecule has 12 heavy (non-hydrogen) atoms. The van der Waals surface area contributed by atoms with Gasteiger partial charge >= 0.3 is 0 Å². The van der Waals surface area contributed by atoms with Gasteiger partial charge in [0.05, 0.1) is 12.5 Å². The fourth-order valence-electron chi connectivity index (χ4n) is 0.939. The summed E-state index contributed by atoms with van der Waals surface area (Å²) in [4.78, 5) is 5.48. The van der Waals surface area contributed by atoms with Gasteiger partial charge in [0.25, 0.3) is 0 Å². The Bertz CT molecular complexity index is 226. The van der Waals surface area contributed by atoms with Crippen LogP contribution in [0.15, 0.2) is 4.99 Å². The third kappa shape index (κ3) is 3.03. The number of hydrogen-bond donors (Lipinski definition) is 0. The van der Waals surface area contributed by atoms with Crippen molar-refractivity contribution in [1.82, 2.24) is 4.90 Å². The predicted octanol–water partition coefficient (Wildman–Crippen LogP) is 1.12. The van der Waals surface area contributed by atoms with Crippen molar-refractivity contribution < 1.29 is 0 Å². The highest BCUT2D eigenvalue weighted by Crippen LogP contribution is 1.95. The maximum absolute atomic E-state index is 8.44. The summed E-state index contributed by atoms with van der Waals surface area (Å²) < 4.78 is 0. The molecule has 0 bridgehead atoms. The van der Waals surface area contributed by atoms with Gasteiger partial charge in [-0.05, 0) is 13.8 Å². The van der Waals surface area contributed by atoms with E-state index >= 15 is 0 Å². The number of nitriles is 2. The Morgan fingerprint density at radius 1 is 1.33 bits per heavy atom. The van der Waals surface area contributed by atoms with Crippen LogP contribution >= 0.6 is 0 Å². The van der Waals surface area contributed by atoms with E-state index in [1.165, 1.54) is 0 Å². The first-order valence-electron chi connectivity index (χ1n) is 3.87. The van der Waals surface area contributed by atoms with E-state index in [0.29, 0.717) is 5.84 Å². The maximum atomic E-state index is 8.44. The van der Waals surface area contributed by atoms with Crippen molar-refractivity contribution in [1.29, 1.82) is 10.5 Å². The zero-order valence-corrected chi connectivity index (χ0v) is 7.41. The second-order valence-corrected chi connectivity index (χ2v) is 2.14. The van der Waals surface area contributed by atoms with E-state index in [0.717, 1.165) is 13.1 Å². The number of aliphatic imine (C=N–C) groups is 1. The van der Waals surface area contributed by atoms with Crippen molar-refractivity contribution in [2.75, 3.05) is 13.1 Å². The summed E-state index contributed by atoms with van der Waals surface area (Å²) in [6, 6.07) is 1.98. The van der Waals surface area contributed by atoms with Gasteiger partial charge < -0.3 is 4.90 Å². The standard InChI is InChI=1S/C8H12N4/c1-3-12(4-2)8(5-6-9)11-7-10/h3-5H2,1-2H3. The molecule has 0 unspecified atom stereocenters. The maximum Gasteiger partial charge on any atom is 0.207 e. The minimum atomic E-state index is 0.204. The summed E-state index contributed by atoms with van der Waals surface area (Å²) in [5.74, 6) is 0.560. The zero-order chi connectivity index (χ0) is 9.40. The molecule has 4 heteroatoms. The van der Waals surface area contributed by atoms with Gasteiger partial charge in [-0.15, -0.1) is 0 Å². The van der Waals surface area contributed by atoms with Crippen molar-refractivity contribution >= 4 is 5.84 Å². The molecule has 0 heterocycles. The van der Waals surface area contributed by atoms with Gasteiger partial charge in [0.1, 0.15) is 5.84 Å². The van der Waals surface area contributed by atoms with E-state index in [9.17, 15) is 0 Å². The molecule has 0 rings (SSSR count). The van der Waals surface area contributed by atoms with E-state index in [2.05, 4.69) is 4.99 Å². The highest BCUT2D eigenvalue weighted by atomic mass is 15.2. The summed E-state index contributed by atoms with van der Waals surface area (Å²) in [6.07, 6.45) is 1.90. The van der Waals surface area contributed by atoms with E-state index in [-0.39, 0.29) is 6.42 Å². The molecule has 4 nitrogen and oxygen atoms in total. The molecule has 0 fully saturated rings. The summed E-state index contributed by atoms with van der Waals surface area (Å²) >= 11 is 0. The molecule has 0 radical (unpaired) electrons. The van der Waals surface area contributed by atoms with Crippen LogP contribution in [0.5, 0.6) is 0 Å². The van der Waals surface area contributed by atoms with Crippen molar-refractivity contribution in [3.05, 3.63) is 0 Å². The summed E-state index contributed by atoms with van der Waals surface area (Å²) in [7, 11) is 0. The largest absolute Gasteiger partial charge is 0.359 e. The first-order valence-corrected chi connectivity index (χ1v) is 3.87. The molecule has 0 N–H and O–H groups in total. The van der Waals surface area contributed by atoms with Gasteiger partial charge in [0, 0.05) is 13.1 Å². The number of nitrogens with zero attached hydrogens (tertiary/aromatic N) is 4. The average Bonchev–Trinajstić information content (AvgIpc) is 2.07. The second kappa shape index (κ2) is 6.18. The Balaban J connectivity index is 4.41. The lowest BCUT2D eigenvalue weighted by molar-refractivity contribution is 0.459. The van der Waals surface area contributed by atoms with Gasteiger partial charge in [0.15, 0.2) is 0 Å². The highest BCUT2D eigenvalue weighted by Gasteiger charge is 2.05. The Hall–Kier alpha value is -1.55. The van der Waals surface area contributed by atoms with Gasteiger partial charge in [0.2, 0.25) is 6.19 Å². The van der Waals surface area contributed by atoms with E-state index < -0.39 is 0 Å². The monoisotopic (exact) mass is 164 g/mol. The molecule has 0 atom stereocenters. The van der Waals surface area contributed by atoms with Gasteiger partial charge in [-0.1, -0.05) is 0 Å². The number of amidine groups is 1. The Kier molecular flexibility index (Phi) is 5.38. The molecular formula is C8H12N4. The lowest BCUT2D eigenvalue weighted by atomic mass is 10.3. The molecule has 0 amide bonds. The average molecular weight is 164 g/mol. The summed E-state index contributed by atoms with van der Waals surface area (Å²) in [6.45, 7) is 5.49. The van der Waals surface area contributed by atoms with Crippen molar-refractivity contribution in [2.24, 2.45) is 4.99 Å². The molecular weight excluding hydrogens is 152 g/mol. The number of rotatable bonds is 3. The van der Waals surface area contributed by atoms with E-state index in [1.54, 1.807) is 6.19 Å². The first kappa shape index (κ1) is 10.4. The Labute approximate surface area is 72.7 Å². The van der Waals surface area contributed by atoms with Crippen molar-refractivity contribution in [3.8, 4) is 12.3 Å². The molecule has 0 aliphatic carbocycles. The highest BCUT2D eigenvalue weighted by molar-refractivity contribution is 5.84. The molecule has 0 spiro atoms. The normalized spacial score (nSPS) is 10.2. The fourth-order valence-corrected chi connectivity index (χ4v) is 0.939. The lowest BCUT2D eigenvalue weighted by Crippen LogP contribution is -2.30. The minimum absolute atomic E-state index is 0.204. The SMILES string of the molecule is CCN(CC)C(CC#N)=NC#N. The predicted molar refractivity (Wildman–Crippen MR) is 46.2 cm³/mol.